The summed E-state index contributed by atoms with van der Waals surface area (Å²) >= 11 is 0. The maximum Gasteiger partial charge on any atom is 0.313 e. The van der Waals surface area contributed by atoms with Crippen LogP contribution in [-0.2, 0) is 9.53 Å². The number of hydrogen-bond donors (Lipinski definition) is 1. The van der Waals surface area contributed by atoms with Gasteiger partial charge in [-0.1, -0.05) is 29.9 Å². The third-order valence-corrected chi connectivity index (χ3v) is 7.40. The molecule has 22 heavy (non-hydrogen) atoms. The smallest absolute Gasteiger partial charge is 0.313 e. The first-order valence-electron chi connectivity index (χ1n) is 8.40. The third kappa shape index (κ3) is 1.07. The number of rotatable bonds is 1. The van der Waals surface area contributed by atoms with Crippen molar-refractivity contribution in [1.29, 1.82) is 0 Å². The molecule has 116 valence electrons. The molecule has 6 atom stereocenters. The number of fused-ring (bicyclic) bond motifs is 2. The van der Waals surface area contributed by atoms with E-state index in [-0.39, 0.29) is 29.8 Å². The van der Waals surface area contributed by atoms with Crippen molar-refractivity contribution in [3.63, 3.8) is 0 Å². The lowest BCUT2D eigenvalue weighted by molar-refractivity contribution is -0.157. The summed E-state index contributed by atoms with van der Waals surface area (Å²) in [7, 11) is 0. The van der Waals surface area contributed by atoms with Gasteiger partial charge in [0, 0.05) is 17.3 Å². The fourth-order valence-electron chi connectivity index (χ4n) is 6.52. The number of aliphatic hydroxyl groups excluding tert-OH is 1. The number of hydrogen-bond acceptors (Lipinski definition) is 3. The first-order valence-corrected chi connectivity index (χ1v) is 8.40. The molecule has 0 aromatic carbocycles. The molecule has 0 radical (unpaired) electrons. The summed E-state index contributed by atoms with van der Waals surface area (Å²) in [5.74, 6) is 0.497. The monoisotopic (exact) mass is 298 g/mol. The number of ether oxygens (including phenoxy) is 1. The molecule has 1 N–H and O–H groups in total. The van der Waals surface area contributed by atoms with Crippen molar-refractivity contribution in [2.75, 3.05) is 6.61 Å². The number of allylic oxidation sites excluding steroid dienone is 3. The lowest BCUT2D eigenvalue weighted by Gasteiger charge is -2.52. The first kappa shape index (κ1) is 13.1. The molecular formula is C19H22O3. The Hall–Kier alpha value is -1.35. The highest BCUT2D eigenvalue weighted by atomic mass is 16.6. The largest absolute Gasteiger partial charge is 0.453 e. The van der Waals surface area contributed by atoms with Crippen LogP contribution in [0, 0.1) is 28.6 Å². The van der Waals surface area contributed by atoms with E-state index in [1.807, 2.05) is 6.92 Å². The number of aliphatic hydroxyl groups is 1. The predicted molar refractivity (Wildman–Crippen MR) is 81.7 cm³/mol. The molecule has 6 aliphatic rings. The van der Waals surface area contributed by atoms with E-state index in [1.54, 1.807) is 0 Å². The topological polar surface area (TPSA) is 46.5 Å². The quantitative estimate of drug-likeness (QED) is 0.598. The van der Waals surface area contributed by atoms with E-state index in [0.717, 1.165) is 25.7 Å². The molecule has 3 heteroatoms. The molecule has 2 saturated carbocycles. The van der Waals surface area contributed by atoms with Crippen LogP contribution in [0.5, 0.6) is 0 Å². The summed E-state index contributed by atoms with van der Waals surface area (Å²) in [6, 6.07) is 0. The van der Waals surface area contributed by atoms with Crippen LogP contribution < -0.4 is 0 Å². The zero-order valence-electron chi connectivity index (χ0n) is 13.0. The van der Waals surface area contributed by atoms with Crippen molar-refractivity contribution in [2.24, 2.45) is 28.6 Å². The van der Waals surface area contributed by atoms with Gasteiger partial charge in [-0.2, -0.15) is 0 Å². The Morgan fingerprint density at radius 3 is 3.05 bits per heavy atom. The van der Waals surface area contributed by atoms with Crippen molar-refractivity contribution in [2.45, 2.75) is 38.2 Å². The minimum absolute atomic E-state index is 0.0531. The fourth-order valence-corrected chi connectivity index (χ4v) is 6.52. The summed E-state index contributed by atoms with van der Waals surface area (Å²) in [5, 5.41) is 10.1. The van der Waals surface area contributed by atoms with Crippen LogP contribution in [0.3, 0.4) is 0 Å². The lowest BCUT2D eigenvalue weighted by Crippen LogP contribution is -2.52. The van der Waals surface area contributed by atoms with Crippen LogP contribution in [-0.4, -0.2) is 23.3 Å². The molecule has 3 nitrogen and oxygen atoms in total. The Kier molecular flexibility index (Phi) is 2.14. The van der Waals surface area contributed by atoms with Crippen LogP contribution in [0.25, 0.3) is 0 Å². The summed E-state index contributed by atoms with van der Waals surface area (Å²) in [6.45, 7) is 6.43. The van der Waals surface area contributed by atoms with E-state index >= 15 is 0 Å². The fraction of sp³-hybridized carbons (Fsp3) is 0.632. The molecule has 1 saturated heterocycles. The summed E-state index contributed by atoms with van der Waals surface area (Å²) in [5.41, 5.74) is 1.43. The molecule has 0 aromatic rings. The van der Waals surface area contributed by atoms with Gasteiger partial charge in [0.2, 0.25) is 0 Å². The SMILES string of the molecule is C=C1C[C@@]23CC[C@@H]1C=C2[C@@H](CO)[C@@H]1[C@@]2(C)CC=C[C@]13OC2=O. The van der Waals surface area contributed by atoms with Gasteiger partial charge >= 0.3 is 5.97 Å². The average Bonchev–Trinajstić information content (AvgIpc) is 2.80. The third-order valence-electron chi connectivity index (χ3n) is 7.40. The Morgan fingerprint density at radius 1 is 1.50 bits per heavy atom. The lowest BCUT2D eigenvalue weighted by atomic mass is 9.53. The van der Waals surface area contributed by atoms with Gasteiger partial charge in [-0.05, 0) is 44.6 Å². The molecule has 0 unspecified atom stereocenters. The summed E-state index contributed by atoms with van der Waals surface area (Å²) < 4.78 is 6.15. The van der Waals surface area contributed by atoms with Crippen LogP contribution in [0.1, 0.15) is 32.6 Å². The second kappa shape index (κ2) is 3.59. The van der Waals surface area contributed by atoms with Gasteiger partial charge in [0.25, 0.3) is 0 Å². The van der Waals surface area contributed by atoms with E-state index in [1.165, 1.54) is 11.1 Å². The van der Waals surface area contributed by atoms with E-state index < -0.39 is 11.0 Å². The van der Waals surface area contributed by atoms with Crippen molar-refractivity contribution in [3.05, 3.63) is 36.0 Å². The Bertz CT molecular complexity index is 674. The average molecular weight is 298 g/mol. The summed E-state index contributed by atoms with van der Waals surface area (Å²) in [4.78, 5) is 12.7. The van der Waals surface area contributed by atoms with Crippen molar-refractivity contribution >= 4 is 5.97 Å². The van der Waals surface area contributed by atoms with Gasteiger partial charge in [0.15, 0.2) is 0 Å². The van der Waals surface area contributed by atoms with Crippen molar-refractivity contribution in [3.8, 4) is 0 Å². The predicted octanol–water partition coefficient (Wildman–Crippen LogP) is 2.77. The standard InChI is InChI=1S/C19H22O3/c1-11-9-18-7-4-12(11)8-14(18)13(10-20)15-17(2)5-3-6-19(15,18)22-16(17)21/h3,6,8,12-13,15,20H,1,4-5,7,9-10H2,2H3/t12-,13-,15-,17-,18+,19+/m1/s1. The Balaban J connectivity index is 1.82. The normalized spacial score (nSPS) is 54.1. The Labute approximate surface area is 130 Å². The minimum atomic E-state index is -0.551. The molecule has 0 aromatic heterocycles. The molecule has 5 aliphatic carbocycles. The van der Waals surface area contributed by atoms with Crippen LogP contribution in [0.4, 0.5) is 0 Å². The molecular weight excluding hydrogens is 276 g/mol. The zero-order valence-corrected chi connectivity index (χ0v) is 13.0. The van der Waals surface area contributed by atoms with Gasteiger partial charge in [0.1, 0.15) is 5.60 Å². The Morgan fingerprint density at radius 2 is 2.32 bits per heavy atom. The number of esters is 1. The zero-order chi connectivity index (χ0) is 15.3. The number of carbonyl (C=O) groups excluding carboxylic acids is 1. The second-order valence-electron chi connectivity index (χ2n) is 8.16. The van der Waals surface area contributed by atoms with E-state index in [2.05, 4.69) is 24.8 Å². The second-order valence-corrected chi connectivity index (χ2v) is 8.16. The summed E-state index contributed by atoms with van der Waals surface area (Å²) in [6.07, 6.45) is 10.4. The highest BCUT2D eigenvalue weighted by Gasteiger charge is 2.78. The van der Waals surface area contributed by atoms with E-state index in [0.29, 0.717) is 5.92 Å². The highest BCUT2D eigenvalue weighted by Crippen LogP contribution is 2.75. The van der Waals surface area contributed by atoms with Crippen LogP contribution >= 0.6 is 0 Å². The van der Waals surface area contributed by atoms with Crippen molar-refractivity contribution in [1.82, 2.24) is 0 Å². The maximum atomic E-state index is 12.7. The minimum Gasteiger partial charge on any atom is -0.453 e. The van der Waals surface area contributed by atoms with Crippen LogP contribution in [0.2, 0.25) is 0 Å². The molecule has 1 aliphatic heterocycles. The number of carbonyl (C=O) groups is 1. The maximum absolute atomic E-state index is 12.7. The van der Waals surface area contributed by atoms with Gasteiger partial charge in [-0.3, -0.25) is 4.79 Å². The van der Waals surface area contributed by atoms with Gasteiger partial charge < -0.3 is 9.84 Å². The van der Waals surface area contributed by atoms with E-state index in [9.17, 15) is 9.90 Å². The molecule has 1 heterocycles. The molecule has 0 amide bonds. The van der Waals surface area contributed by atoms with Crippen LogP contribution in [0.15, 0.2) is 36.0 Å². The van der Waals surface area contributed by atoms with Crippen molar-refractivity contribution < 1.29 is 14.6 Å². The molecule has 4 bridgehead atoms. The molecule has 6 rings (SSSR count). The molecule has 1 spiro atoms. The highest BCUT2D eigenvalue weighted by molar-refractivity contribution is 5.83. The van der Waals surface area contributed by atoms with Gasteiger partial charge in [-0.15, -0.1) is 0 Å². The molecule has 3 fully saturated rings. The van der Waals surface area contributed by atoms with E-state index in [4.69, 9.17) is 4.74 Å². The first-order chi connectivity index (χ1) is 10.5. The van der Waals surface area contributed by atoms with Gasteiger partial charge in [0.05, 0.1) is 12.0 Å². The van der Waals surface area contributed by atoms with Gasteiger partial charge in [-0.25, -0.2) is 0 Å².